The van der Waals surface area contributed by atoms with E-state index in [0.717, 1.165) is 4.88 Å². The molecule has 6 heteroatoms. The quantitative estimate of drug-likeness (QED) is 0.931. The van der Waals surface area contributed by atoms with Gasteiger partial charge >= 0.3 is 0 Å². The number of rotatable bonds is 4. The molecule has 2 rings (SSSR count). The molecule has 2 aromatic rings. The van der Waals surface area contributed by atoms with Gasteiger partial charge in [-0.05, 0) is 18.4 Å². The van der Waals surface area contributed by atoms with Crippen molar-refractivity contribution in [2.45, 2.75) is 12.8 Å². The minimum Gasteiger partial charge on any atom is -0.361 e. The number of carbonyl (C=O) groups excluding carboxylic acids is 1. The molecule has 1 atom stereocenters. The molecular formula is C13H16N4OS. The summed E-state index contributed by atoms with van der Waals surface area (Å²) in [5.74, 6) is 0.456. The average molecular weight is 276 g/mol. The fraction of sp³-hybridized carbons (Fsp3) is 0.308. The van der Waals surface area contributed by atoms with E-state index in [1.165, 1.54) is 6.33 Å². The fourth-order valence-corrected chi connectivity index (χ4v) is 2.46. The molecule has 0 saturated carbocycles. The summed E-state index contributed by atoms with van der Waals surface area (Å²) in [6.45, 7) is 1.89. The van der Waals surface area contributed by atoms with Crippen molar-refractivity contribution in [2.24, 2.45) is 0 Å². The second kappa shape index (κ2) is 5.79. The Hall–Kier alpha value is -1.95. The Morgan fingerprint density at radius 1 is 1.47 bits per heavy atom. The fourth-order valence-electron chi connectivity index (χ4n) is 1.68. The largest absolute Gasteiger partial charge is 0.361 e. The lowest BCUT2D eigenvalue weighted by Gasteiger charge is -2.17. The molecule has 0 unspecified atom stereocenters. The molecule has 0 radical (unpaired) electrons. The predicted molar refractivity (Wildman–Crippen MR) is 77.7 cm³/mol. The molecule has 0 aliphatic carbocycles. The third-order valence-corrected chi connectivity index (χ3v) is 3.79. The molecule has 5 nitrogen and oxygen atoms in total. The van der Waals surface area contributed by atoms with Gasteiger partial charge in [0, 0.05) is 19.0 Å². The van der Waals surface area contributed by atoms with Crippen molar-refractivity contribution < 1.29 is 4.79 Å². The average Bonchev–Trinajstić information content (AvgIpc) is 2.92. The molecular weight excluding hydrogens is 260 g/mol. The second-order valence-electron chi connectivity index (χ2n) is 4.38. The zero-order valence-corrected chi connectivity index (χ0v) is 11.9. The van der Waals surface area contributed by atoms with E-state index in [1.54, 1.807) is 17.5 Å². The van der Waals surface area contributed by atoms with Gasteiger partial charge in [0.1, 0.15) is 12.0 Å². The van der Waals surface area contributed by atoms with Crippen molar-refractivity contribution in [1.29, 1.82) is 0 Å². The normalized spacial score (nSPS) is 11.9. The van der Waals surface area contributed by atoms with Crippen molar-refractivity contribution in [2.75, 3.05) is 24.3 Å². The van der Waals surface area contributed by atoms with Crippen LogP contribution in [0.15, 0.2) is 30.0 Å². The lowest BCUT2D eigenvalue weighted by molar-refractivity contribution is -0.117. The summed E-state index contributed by atoms with van der Waals surface area (Å²) in [6.07, 6.45) is 3.08. The van der Waals surface area contributed by atoms with Crippen molar-refractivity contribution in [1.82, 2.24) is 9.97 Å². The Balaban J connectivity index is 2.15. The molecule has 1 amide bonds. The van der Waals surface area contributed by atoms with Crippen LogP contribution in [-0.4, -0.2) is 30.0 Å². The van der Waals surface area contributed by atoms with Gasteiger partial charge in [-0.25, -0.2) is 9.97 Å². The minimum absolute atomic E-state index is 0.0552. The number of nitrogens with one attached hydrogen (secondary N) is 1. The lowest BCUT2D eigenvalue weighted by atomic mass is 10.1. The van der Waals surface area contributed by atoms with Crippen LogP contribution in [0.5, 0.6) is 0 Å². The summed E-state index contributed by atoms with van der Waals surface area (Å²) >= 11 is 1.58. The van der Waals surface area contributed by atoms with Crippen molar-refractivity contribution in [3.63, 3.8) is 0 Å². The maximum atomic E-state index is 12.2. The smallest absolute Gasteiger partial charge is 0.232 e. The van der Waals surface area contributed by atoms with Crippen LogP contribution in [0, 0.1) is 0 Å². The molecule has 0 spiro atoms. The number of hydrogen-bond acceptors (Lipinski definition) is 5. The number of anilines is 2. The summed E-state index contributed by atoms with van der Waals surface area (Å²) in [5.41, 5.74) is 0.626. The topological polar surface area (TPSA) is 58.1 Å². The summed E-state index contributed by atoms with van der Waals surface area (Å²) < 4.78 is 0. The highest BCUT2D eigenvalue weighted by Gasteiger charge is 2.18. The number of aromatic nitrogens is 2. The van der Waals surface area contributed by atoms with E-state index < -0.39 is 0 Å². The van der Waals surface area contributed by atoms with Gasteiger partial charge in [0.25, 0.3) is 0 Å². The van der Waals surface area contributed by atoms with E-state index >= 15 is 0 Å². The number of thiophene rings is 1. The van der Waals surface area contributed by atoms with Crippen LogP contribution in [0.2, 0.25) is 0 Å². The molecule has 0 saturated heterocycles. The van der Waals surface area contributed by atoms with E-state index in [9.17, 15) is 4.79 Å². The van der Waals surface area contributed by atoms with Gasteiger partial charge in [-0.2, -0.15) is 0 Å². The van der Waals surface area contributed by atoms with Crippen LogP contribution in [0.4, 0.5) is 11.5 Å². The van der Waals surface area contributed by atoms with Gasteiger partial charge in [0.2, 0.25) is 5.91 Å². The number of nitrogens with zero attached hydrogens (tertiary/aromatic N) is 3. The SMILES string of the molecule is C[C@H](C(=O)Nc1cncnc1N(C)C)c1cccs1. The third kappa shape index (κ3) is 3.08. The van der Waals surface area contributed by atoms with Gasteiger partial charge in [-0.3, -0.25) is 4.79 Å². The first-order valence-electron chi connectivity index (χ1n) is 5.91. The highest BCUT2D eigenvalue weighted by molar-refractivity contribution is 7.10. The van der Waals surface area contributed by atoms with Crippen LogP contribution in [0.25, 0.3) is 0 Å². The Morgan fingerprint density at radius 3 is 2.89 bits per heavy atom. The Morgan fingerprint density at radius 2 is 2.26 bits per heavy atom. The molecule has 0 bridgehead atoms. The first-order valence-corrected chi connectivity index (χ1v) is 6.79. The van der Waals surface area contributed by atoms with Gasteiger partial charge in [0.05, 0.1) is 12.1 Å². The molecule has 2 aromatic heterocycles. The Labute approximate surface area is 116 Å². The lowest BCUT2D eigenvalue weighted by Crippen LogP contribution is -2.21. The zero-order valence-electron chi connectivity index (χ0n) is 11.1. The molecule has 2 heterocycles. The van der Waals surface area contributed by atoms with E-state index in [1.807, 2.05) is 43.4 Å². The highest BCUT2D eigenvalue weighted by Crippen LogP contribution is 2.24. The Bertz CT molecular complexity index is 554. The summed E-state index contributed by atoms with van der Waals surface area (Å²) in [5, 5.41) is 4.85. The molecule has 0 fully saturated rings. The first-order chi connectivity index (χ1) is 9.09. The first kappa shape index (κ1) is 13.5. The van der Waals surface area contributed by atoms with Gasteiger partial charge < -0.3 is 10.2 Å². The molecule has 0 aliphatic heterocycles. The monoisotopic (exact) mass is 276 g/mol. The number of amides is 1. The molecule has 19 heavy (non-hydrogen) atoms. The van der Waals surface area contributed by atoms with Gasteiger partial charge in [-0.1, -0.05) is 6.07 Å². The zero-order chi connectivity index (χ0) is 13.8. The maximum Gasteiger partial charge on any atom is 0.232 e. The van der Waals surface area contributed by atoms with Gasteiger partial charge in [-0.15, -0.1) is 11.3 Å². The second-order valence-corrected chi connectivity index (χ2v) is 5.36. The number of carbonyl (C=O) groups is 1. The van der Waals surface area contributed by atoms with Crippen molar-refractivity contribution in [3.05, 3.63) is 34.9 Å². The van der Waals surface area contributed by atoms with Crippen LogP contribution in [-0.2, 0) is 4.79 Å². The third-order valence-electron chi connectivity index (χ3n) is 2.74. The van der Waals surface area contributed by atoms with Crippen LogP contribution >= 0.6 is 11.3 Å². The van der Waals surface area contributed by atoms with Crippen molar-refractivity contribution in [3.8, 4) is 0 Å². The molecule has 0 aliphatic rings. The van der Waals surface area contributed by atoms with Crippen LogP contribution in [0.3, 0.4) is 0 Å². The Kier molecular flexibility index (Phi) is 4.11. The van der Waals surface area contributed by atoms with Gasteiger partial charge in [0.15, 0.2) is 5.82 Å². The van der Waals surface area contributed by atoms with Crippen molar-refractivity contribution >= 4 is 28.7 Å². The maximum absolute atomic E-state index is 12.2. The molecule has 100 valence electrons. The minimum atomic E-state index is -0.185. The van der Waals surface area contributed by atoms with E-state index in [2.05, 4.69) is 15.3 Å². The standard InChI is InChI=1S/C13H16N4OS/c1-9(11-5-4-6-19-11)13(18)16-10-7-14-8-15-12(10)17(2)3/h4-9H,1-3H3,(H,16,18)/t9-/m0/s1. The van der Waals surface area contributed by atoms with Crippen LogP contribution in [0.1, 0.15) is 17.7 Å². The highest BCUT2D eigenvalue weighted by atomic mass is 32.1. The summed E-state index contributed by atoms with van der Waals surface area (Å²) in [6, 6.07) is 3.91. The summed E-state index contributed by atoms with van der Waals surface area (Å²) in [4.78, 5) is 23.2. The number of hydrogen-bond donors (Lipinski definition) is 1. The van der Waals surface area contributed by atoms with E-state index in [0.29, 0.717) is 11.5 Å². The molecule has 1 N–H and O–H groups in total. The van der Waals surface area contributed by atoms with Crippen LogP contribution < -0.4 is 10.2 Å². The summed E-state index contributed by atoms with van der Waals surface area (Å²) in [7, 11) is 3.75. The molecule has 0 aromatic carbocycles. The predicted octanol–water partition coefficient (Wildman–Crippen LogP) is 2.35. The van der Waals surface area contributed by atoms with E-state index in [4.69, 9.17) is 0 Å². The van der Waals surface area contributed by atoms with E-state index in [-0.39, 0.29) is 11.8 Å².